The Hall–Kier alpha value is -2.89. The van der Waals surface area contributed by atoms with Crippen molar-refractivity contribution in [2.24, 2.45) is 5.92 Å². The fraction of sp³-hybridized carbons (Fsp3) is 0.318. The van der Waals surface area contributed by atoms with E-state index in [4.69, 9.17) is 4.74 Å². The Morgan fingerprint density at radius 1 is 1.27 bits per heavy atom. The molecule has 7 nitrogen and oxygen atoms in total. The normalized spacial score (nSPS) is 15.9. The van der Waals surface area contributed by atoms with E-state index in [1.54, 1.807) is 13.2 Å². The van der Waals surface area contributed by atoms with Gasteiger partial charge in [-0.05, 0) is 58.2 Å². The minimum absolute atomic E-state index is 0.178. The van der Waals surface area contributed by atoms with Crippen molar-refractivity contribution in [3.8, 4) is 11.8 Å². The topological polar surface area (TPSA) is 94.3 Å². The number of methoxy groups -OCH3 is 1. The van der Waals surface area contributed by atoms with Crippen LogP contribution in [0.5, 0.6) is 5.75 Å². The van der Waals surface area contributed by atoms with E-state index in [0.717, 1.165) is 51.9 Å². The van der Waals surface area contributed by atoms with Crippen LogP contribution in [0.1, 0.15) is 17.5 Å². The van der Waals surface area contributed by atoms with Gasteiger partial charge in [0, 0.05) is 42.9 Å². The van der Waals surface area contributed by atoms with Crippen LogP contribution in [0.3, 0.4) is 0 Å². The van der Waals surface area contributed by atoms with Crippen LogP contribution in [0.2, 0.25) is 0 Å². The van der Waals surface area contributed by atoms with Crippen molar-refractivity contribution in [1.29, 1.82) is 5.26 Å². The summed E-state index contributed by atoms with van der Waals surface area (Å²) in [7, 11) is 1.64. The van der Waals surface area contributed by atoms with E-state index in [9.17, 15) is 10.4 Å². The summed E-state index contributed by atoms with van der Waals surface area (Å²) in [6.07, 6.45) is 0.933. The number of ether oxygens (including phenoxy) is 1. The first-order valence-electron chi connectivity index (χ1n) is 9.75. The van der Waals surface area contributed by atoms with Crippen LogP contribution in [0.4, 0.5) is 11.6 Å². The Morgan fingerprint density at radius 3 is 2.83 bits per heavy atom. The van der Waals surface area contributed by atoms with Gasteiger partial charge in [0.2, 0.25) is 0 Å². The van der Waals surface area contributed by atoms with E-state index in [0.29, 0.717) is 17.9 Å². The number of aromatic nitrogens is 2. The maximum atomic E-state index is 9.47. The van der Waals surface area contributed by atoms with Gasteiger partial charge in [-0.25, -0.2) is 0 Å². The molecular formula is C22H22BrN5O2. The van der Waals surface area contributed by atoms with E-state index in [2.05, 4.69) is 42.4 Å². The second kappa shape index (κ2) is 8.86. The van der Waals surface area contributed by atoms with Gasteiger partial charge in [-0.15, -0.1) is 10.2 Å². The summed E-state index contributed by atoms with van der Waals surface area (Å²) in [6.45, 7) is 2.32. The lowest BCUT2D eigenvalue weighted by molar-refractivity contribution is 0.238. The molecular weight excluding hydrogens is 446 g/mol. The van der Waals surface area contributed by atoms with Crippen LogP contribution in [0, 0.1) is 17.2 Å². The van der Waals surface area contributed by atoms with Crippen molar-refractivity contribution in [2.75, 3.05) is 37.0 Å². The van der Waals surface area contributed by atoms with Gasteiger partial charge in [-0.2, -0.15) is 5.26 Å². The molecule has 4 rings (SSSR count). The zero-order valence-corrected chi connectivity index (χ0v) is 18.2. The molecule has 0 unspecified atom stereocenters. The average molecular weight is 468 g/mol. The van der Waals surface area contributed by atoms with Crippen LogP contribution in [-0.4, -0.2) is 42.1 Å². The second-order valence-corrected chi connectivity index (χ2v) is 8.20. The maximum Gasteiger partial charge on any atom is 0.159 e. The van der Waals surface area contributed by atoms with Crippen molar-refractivity contribution >= 4 is 38.3 Å². The van der Waals surface area contributed by atoms with Crippen molar-refractivity contribution in [3.63, 3.8) is 0 Å². The van der Waals surface area contributed by atoms with Gasteiger partial charge in [0.25, 0.3) is 0 Å². The predicted octanol–water partition coefficient (Wildman–Crippen LogP) is 3.70. The summed E-state index contributed by atoms with van der Waals surface area (Å²) in [5.41, 5.74) is 1.63. The number of nitrogens with zero attached hydrogens (tertiary/aromatic N) is 4. The van der Waals surface area contributed by atoms with Crippen molar-refractivity contribution in [3.05, 3.63) is 52.0 Å². The van der Waals surface area contributed by atoms with Gasteiger partial charge in [0.05, 0.1) is 23.2 Å². The zero-order chi connectivity index (χ0) is 21.1. The minimum Gasteiger partial charge on any atom is -0.496 e. The molecule has 1 aromatic heterocycles. The summed E-state index contributed by atoms with van der Waals surface area (Å²) < 4.78 is 6.17. The molecule has 154 valence electrons. The maximum absolute atomic E-state index is 9.47. The molecule has 8 heteroatoms. The van der Waals surface area contributed by atoms with Crippen LogP contribution < -0.4 is 15.0 Å². The fourth-order valence-corrected chi connectivity index (χ4v) is 4.34. The predicted molar refractivity (Wildman–Crippen MR) is 120 cm³/mol. The lowest BCUT2D eigenvalue weighted by atomic mass is 10.1. The van der Waals surface area contributed by atoms with Gasteiger partial charge in [-0.3, -0.25) is 0 Å². The lowest BCUT2D eigenvalue weighted by Gasteiger charge is -2.20. The molecule has 1 aliphatic rings. The monoisotopic (exact) mass is 467 g/mol. The Labute approximate surface area is 183 Å². The van der Waals surface area contributed by atoms with Crippen molar-refractivity contribution < 1.29 is 9.84 Å². The number of nitriles is 1. The molecule has 2 N–H and O–H groups in total. The summed E-state index contributed by atoms with van der Waals surface area (Å²) in [6, 6.07) is 13.7. The molecule has 0 aliphatic carbocycles. The number of anilines is 2. The quantitative estimate of drug-likeness (QED) is 0.570. The Kier molecular flexibility index (Phi) is 6.02. The van der Waals surface area contributed by atoms with Crippen LogP contribution >= 0.6 is 15.9 Å². The standard InChI is InChI=1S/C22H22BrN5O2/c1-30-20-5-3-15(9-19(20)23)11-25-21-18-8-14(10-24)2-4-17(18)22(27-26-21)28-7-6-16(12-28)13-29/h2-5,8-9,16,29H,6-7,11-13H2,1H3,(H,25,26)/t16-/m0/s1. The number of aliphatic hydroxyl groups excluding tert-OH is 1. The molecule has 0 spiro atoms. The number of benzene rings is 2. The molecule has 0 bridgehead atoms. The lowest BCUT2D eigenvalue weighted by Crippen LogP contribution is -2.22. The van der Waals surface area contributed by atoms with Gasteiger partial charge >= 0.3 is 0 Å². The smallest absolute Gasteiger partial charge is 0.159 e. The Morgan fingerprint density at radius 2 is 2.13 bits per heavy atom. The molecule has 0 amide bonds. The number of hydrogen-bond donors (Lipinski definition) is 2. The number of halogens is 1. The number of rotatable bonds is 6. The first kappa shape index (κ1) is 20.4. The van der Waals surface area contributed by atoms with Crippen LogP contribution in [0.25, 0.3) is 10.8 Å². The van der Waals surface area contributed by atoms with Gasteiger partial charge in [0.1, 0.15) is 5.75 Å². The van der Waals surface area contributed by atoms with E-state index in [-0.39, 0.29) is 12.5 Å². The van der Waals surface area contributed by atoms with Gasteiger partial charge in [-0.1, -0.05) is 6.07 Å². The van der Waals surface area contributed by atoms with Crippen molar-refractivity contribution in [1.82, 2.24) is 10.2 Å². The third kappa shape index (κ3) is 4.04. The Balaban J connectivity index is 1.65. The molecule has 2 aromatic carbocycles. The molecule has 2 heterocycles. The first-order chi connectivity index (χ1) is 14.6. The molecule has 1 saturated heterocycles. The minimum atomic E-state index is 0.178. The van der Waals surface area contributed by atoms with E-state index >= 15 is 0 Å². The summed E-state index contributed by atoms with van der Waals surface area (Å²) in [4.78, 5) is 2.16. The number of nitrogens with one attached hydrogen (secondary N) is 1. The molecule has 1 atom stereocenters. The number of aliphatic hydroxyl groups is 1. The van der Waals surface area contributed by atoms with Gasteiger partial charge < -0.3 is 20.1 Å². The molecule has 30 heavy (non-hydrogen) atoms. The van der Waals surface area contributed by atoms with E-state index in [1.165, 1.54) is 0 Å². The van der Waals surface area contributed by atoms with Crippen LogP contribution in [-0.2, 0) is 6.54 Å². The third-order valence-electron chi connectivity index (χ3n) is 5.41. The number of hydrogen-bond acceptors (Lipinski definition) is 7. The average Bonchev–Trinajstić information content (AvgIpc) is 3.26. The molecule has 1 aliphatic heterocycles. The fourth-order valence-electron chi connectivity index (χ4n) is 3.75. The highest BCUT2D eigenvalue weighted by atomic mass is 79.9. The molecule has 0 saturated carbocycles. The number of fused-ring (bicyclic) bond motifs is 1. The van der Waals surface area contributed by atoms with Crippen molar-refractivity contribution in [2.45, 2.75) is 13.0 Å². The SMILES string of the molecule is COc1ccc(CNc2nnc(N3CC[C@H](CO)C3)c3ccc(C#N)cc23)cc1Br. The third-order valence-corrected chi connectivity index (χ3v) is 6.03. The highest BCUT2D eigenvalue weighted by Gasteiger charge is 2.25. The van der Waals surface area contributed by atoms with E-state index in [1.807, 2.05) is 30.3 Å². The summed E-state index contributed by atoms with van der Waals surface area (Å²) in [5.74, 6) is 2.46. The molecule has 0 radical (unpaired) electrons. The highest BCUT2D eigenvalue weighted by molar-refractivity contribution is 9.10. The second-order valence-electron chi connectivity index (χ2n) is 7.35. The van der Waals surface area contributed by atoms with E-state index < -0.39 is 0 Å². The van der Waals surface area contributed by atoms with Gasteiger partial charge in [0.15, 0.2) is 11.6 Å². The summed E-state index contributed by atoms with van der Waals surface area (Å²) in [5, 5.41) is 32.9. The summed E-state index contributed by atoms with van der Waals surface area (Å²) >= 11 is 3.51. The largest absolute Gasteiger partial charge is 0.496 e. The zero-order valence-electron chi connectivity index (χ0n) is 16.6. The molecule has 3 aromatic rings. The molecule has 1 fully saturated rings. The van der Waals surface area contributed by atoms with Crippen LogP contribution in [0.15, 0.2) is 40.9 Å². The first-order valence-corrected chi connectivity index (χ1v) is 10.5. The Bertz CT molecular complexity index is 1110. The highest BCUT2D eigenvalue weighted by Crippen LogP contribution is 2.33.